The predicted octanol–water partition coefficient (Wildman–Crippen LogP) is 0.805. The van der Waals surface area contributed by atoms with Crippen molar-refractivity contribution in [3.8, 4) is 5.75 Å². The van der Waals surface area contributed by atoms with E-state index in [0.717, 1.165) is 13.0 Å². The van der Waals surface area contributed by atoms with Gasteiger partial charge in [-0.25, -0.2) is 13.1 Å². The number of ether oxygens (including phenoxy) is 1. The number of rotatable bonds is 7. The summed E-state index contributed by atoms with van der Waals surface area (Å²) in [5.41, 5.74) is 0. The maximum absolute atomic E-state index is 12.2. The first-order chi connectivity index (χ1) is 10.0. The minimum absolute atomic E-state index is 0.253. The van der Waals surface area contributed by atoms with E-state index >= 15 is 0 Å². The van der Waals surface area contributed by atoms with Crippen LogP contribution in [0.1, 0.15) is 19.3 Å². The SMILES string of the molecule is COc1ccc(S(=O)(=O)NCCC[NH+]2CCCC2)cc1Br. The van der Waals surface area contributed by atoms with Crippen molar-refractivity contribution < 1.29 is 18.1 Å². The van der Waals surface area contributed by atoms with E-state index in [-0.39, 0.29) is 4.90 Å². The van der Waals surface area contributed by atoms with Crippen molar-refractivity contribution in [2.45, 2.75) is 24.2 Å². The predicted molar refractivity (Wildman–Crippen MR) is 85.3 cm³/mol. The topological polar surface area (TPSA) is 59.8 Å². The summed E-state index contributed by atoms with van der Waals surface area (Å²) in [5.74, 6) is 0.617. The highest BCUT2D eigenvalue weighted by atomic mass is 79.9. The molecule has 1 aliphatic heterocycles. The quantitative estimate of drug-likeness (QED) is 0.691. The summed E-state index contributed by atoms with van der Waals surface area (Å²) in [6, 6.07) is 4.76. The Hall–Kier alpha value is -0.630. The van der Waals surface area contributed by atoms with Gasteiger partial charge < -0.3 is 9.64 Å². The zero-order valence-corrected chi connectivity index (χ0v) is 14.6. The number of quaternary nitrogens is 1. The third-order valence-electron chi connectivity index (χ3n) is 3.74. The standard InChI is InChI=1S/C14H21BrN2O3S/c1-20-14-6-5-12(11-13(14)15)21(18,19)16-7-4-10-17-8-2-3-9-17/h5-6,11,16H,2-4,7-10H2,1H3/p+1. The van der Waals surface area contributed by atoms with Crippen LogP contribution in [0, 0.1) is 0 Å². The minimum Gasteiger partial charge on any atom is -0.496 e. The number of hydrogen-bond donors (Lipinski definition) is 2. The highest BCUT2D eigenvalue weighted by Crippen LogP contribution is 2.27. The molecule has 1 aromatic carbocycles. The first-order valence-corrected chi connectivity index (χ1v) is 9.47. The number of sulfonamides is 1. The van der Waals surface area contributed by atoms with E-state index in [4.69, 9.17) is 4.74 Å². The summed E-state index contributed by atoms with van der Waals surface area (Å²) in [7, 11) is -1.90. The fourth-order valence-corrected chi connectivity index (χ4v) is 4.36. The van der Waals surface area contributed by atoms with E-state index in [1.54, 1.807) is 30.2 Å². The Morgan fingerprint density at radius 2 is 2.05 bits per heavy atom. The van der Waals surface area contributed by atoms with Crippen LogP contribution in [-0.4, -0.2) is 41.7 Å². The molecular formula is C14H22BrN2O3S+. The lowest BCUT2D eigenvalue weighted by Crippen LogP contribution is -3.10. The number of hydrogen-bond acceptors (Lipinski definition) is 3. The molecule has 7 heteroatoms. The molecule has 1 saturated heterocycles. The minimum atomic E-state index is -3.45. The Balaban J connectivity index is 1.87. The highest BCUT2D eigenvalue weighted by Gasteiger charge is 2.17. The van der Waals surface area contributed by atoms with Crippen molar-refractivity contribution in [2.24, 2.45) is 0 Å². The molecule has 118 valence electrons. The second-order valence-electron chi connectivity index (χ2n) is 5.25. The second kappa shape index (κ2) is 7.58. The maximum Gasteiger partial charge on any atom is 0.240 e. The molecule has 0 radical (unpaired) electrons. The van der Waals surface area contributed by atoms with Gasteiger partial charge in [-0.05, 0) is 34.1 Å². The molecule has 0 aromatic heterocycles. The lowest BCUT2D eigenvalue weighted by molar-refractivity contribution is -0.887. The van der Waals surface area contributed by atoms with Crippen molar-refractivity contribution in [3.63, 3.8) is 0 Å². The molecule has 0 saturated carbocycles. The fourth-order valence-electron chi connectivity index (χ4n) is 2.57. The van der Waals surface area contributed by atoms with Gasteiger partial charge in [0, 0.05) is 25.8 Å². The van der Waals surface area contributed by atoms with Crippen molar-refractivity contribution in [1.82, 2.24) is 4.72 Å². The monoisotopic (exact) mass is 377 g/mol. The van der Waals surface area contributed by atoms with Crippen LogP contribution in [0.4, 0.5) is 0 Å². The lowest BCUT2D eigenvalue weighted by atomic mass is 10.3. The fraction of sp³-hybridized carbons (Fsp3) is 0.571. The van der Waals surface area contributed by atoms with Crippen LogP contribution in [0.3, 0.4) is 0 Å². The van der Waals surface area contributed by atoms with Gasteiger partial charge >= 0.3 is 0 Å². The zero-order chi connectivity index (χ0) is 15.3. The molecule has 0 bridgehead atoms. The molecule has 5 nitrogen and oxygen atoms in total. The Morgan fingerprint density at radius 1 is 1.33 bits per heavy atom. The summed E-state index contributed by atoms with van der Waals surface area (Å²) >= 11 is 3.31. The summed E-state index contributed by atoms with van der Waals surface area (Å²) in [5, 5.41) is 0. The van der Waals surface area contributed by atoms with E-state index in [9.17, 15) is 8.42 Å². The van der Waals surface area contributed by atoms with Gasteiger partial charge in [-0.1, -0.05) is 0 Å². The highest BCUT2D eigenvalue weighted by molar-refractivity contribution is 9.10. The molecular weight excluding hydrogens is 356 g/mol. The normalized spacial score (nSPS) is 16.3. The van der Waals surface area contributed by atoms with Gasteiger partial charge in [0.15, 0.2) is 0 Å². The average molecular weight is 378 g/mol. The van der Waals surface area contributed by atoms with Crippen LogP contribution in [-0.2, 0) is 10.0 Å². The van der Waals surface area contributed by atoms with Gasteiger partial charge in [0.1, 0.15) is 5.75 Å². The van der Waals surface area contributed by atoms with E-state index < -0.39 is 10.0 Å². The Morgan fingerprint density at radius 3 is 2.67 bits per heavy atom. The van der Waals surface area contributed by atoms with Crippen molar-refractivity contribution in [1.29, 1.82) is 0 Å². The third-order valence-corrected chi connectivity index (χ3v) is 5.82. The molecule has 1 aliphatic rings. The molecule has 0 amide bonds. The maximum atomic E-state index is 12.2. The first kappa shape index (κ1) is 16.7. The van der Waals surface area contributed by atoms with Gasteiger partial charge in [-0.3, -0.25) is 0 Å². The number of methoxy groups -OCH3 is 1. The lowest BCUT2D eigenvalue weighted by Gasteiger charge is -2.12. The number of halogens is 1. The molecule has 1 fully saturated rings. The summed E-state index contributed by atoms with van der Waals surface area (Å²) < 4.78 is 32.8. The van der Waals surface area contributed by atoms with Crippen LogP contribution in [0.2, 0.25) is 0 Å². The molecule has 21 heavy (non-hydrogen) atoms. The molecule has 1 heterocycles. The van der Waals surface area contributed by atoms with Gasteiger partial charge in [-0.15, -0.1) is 0 Å². The van der Waals surface area contributed by atoms with Crippen molar-refractivity contribution in [2.75, 3.05) is 33.3 Å². The van der Waals surface area contributed by atoms with Crippen LogP contribution in [0.25, 0.3) is 0 Å². The van der Waals surface area contributed by atoms with Crippen LogP contribution in [0.15, 0.2) is 27.6 Å². The first-order valence-electron chi connectivity index (χ1n) is 7.20. The molecule has 0 unspecified atom stereocenters. The van der Waals surface area contributed by atoms with Crippen molar-refractivity contribution >= 4 is 26.0 Å². The van der Waals surface area contributed by atoms with E-state index in [1.807, 2.05) is 0 Å². The average Bonchev–Trinajstić information content (AvgIpc) is 2.97. The number of benzene rings is 1. The number of likely N-dealkylation sites (tertiary alicyclic amines) is 1. The largest absolute Gasteiger partial charge is 0.496 e. The van der Waals surface area contributed by atoms with Crippen LogP contribution in [0.5, 0.6) is 5.75 Å². The third kappa shape index (κ3) is 4.67. The molecule has 0 spiro atoms. The smallest absolute Gasteiger partial charge is 0.240 e. The molecule has 0 aliphatic carbocycles. The van der Waals surface area contributed by atoms with Gasteiger partial charge in [0.25, 0.3) is 0 Å². The van der Waals surface area contributed by atoms with Gasteiger partial charge in [-0.2, -0.15) is 0 Å². The second-order valence-corrected chi connectivity index (χ2v) is 7.88. The van der Waals surface area contributed by atoms with Gasteiger partial charge in [0.05, 0.1) is 36.1 Å². The van der Waals surface area contributed by atoms with Crippen LogP contribution < -0.4 is 14.4 Å². The van der Waals surface area contributed by atoms with E-state index in [1.165, 1.54) is 25.9 Å². The summed E-state index contributed by atoms with van der Waals surface area (Å²) in [6.07, 6.45) is 3.45. The Bertz CT molecular complexity index is 572. The molecule has 0 atom stereocenters. The summed E-state index contributed by atoms with van der Waals surface area (Å²) in [4.78, 5) is 1.84. The molecule has 2 rings (SSSR count). The van der Waals surface area contributed by atoms with Crippen LogP contribution >= 0.6 is 15.9 Å². The van der Waals surface area contributed by atoms with Gasteiger partial charge in [0.2, 0.25) is 10.0 Å². The Kier molecular flexibility index (Phi) is 6.04. The van der Waals surface area contributed by atoms with E-state index in [0.29, 0.717) is 16.8 Å². The zero-order valence-electron chi connectivity index (χ0n) is 12.2. The summed E-state index contributed by atoms with van der Waals surface area (Å²) in [6.45, 7) is 3.96. The van der Waals surface area contributed by atoms with Crippen molar-refractivity contribution in [3.05, 3.63) is 22.7 Å². The molecule has 2 N–H and O–H groups in total. The number of nitrogens with one attached hydrogen (secondary N) is 2. The molecule has 1 aromatic rings. The van der Waals surface area contributed by atoms with E-state index in [2.05, 4.69) is 20.7 Å². The Labute approximate surface area is 134 Å².